The van der Waals surface area contributed by atoms with E-state index in [9.17, 15) is 0 Å². The largest absolute Gasteiger partial charge is 0.330 e. The second-order valence-electron chi connectivity index (χ2n) is 4.32. The molecule has 0 spiro atoms. The van der Waals surface area contributed by atoms with E-state index >= 15 is 0 Å². The predicted molar refractivity (Wildman–Crippen MR) is 76.6 cm³/mol. The molecule has 0 unspecified atom stereocenters. The lowest BCUT2D eigenvalue weighted by Crippen LogP contribution is -2.12. The number of benzene rings is 1. The standard InChI is InChI=1S/C14H19N3S/c1-11-8-17-14(18-11)10-16-9-13-4-2-12(3-5-13)6-7-15/h2-5,8,16H,6-7,9-10,15H2,1H3. The lowest BCUT2D eigenvalue weighted by atomic mass is 10.1. The fourth-order valence-electron chi connectivity index (χ4n) is 1.79. The Morgan fingerprint density at radius 1 is 1.17 bits per heavy atom. The van der Waals surface area contributed by atoms with Crippen molar-refractivity contribution in [3.8, 4) is 0 Å². The Bertz CT molecular complexity index is 476. The van der Waals surface area contributed by atoms with Gasteiger partial charge in [-0.15, -0.1) is 11.3 Å². The SMILES string of the molecule is Cc1cnc(CNCc2ccc(CCN)cc2)s1. The van der Waals surface area contributed by atoms with Crippen LogP contribution in [0.1, 0.15) is 21.0 Å². The number of hydrogen-bond acceptors (Lipinski definition) is 4. The van der Waals surface area contributed by atoms with E-state index in [4.69, 9.17) is 5.73 Å². The van der Waals surface area contributed by atoms with Gasteiger partial charge in [0, 0.05) is 24.2 Å². The fraction of sp³-hybridized carbons (Fsp3) is 0.357. The number of thiazole rings is 1. The monoisotopic (exact) mass is 261 g/mol. The molecule has 0 saturated carbocycles. The third-order valence-corrected chi connectivity index (χ3v) is 3.64. The van der Waals surface area contributed by atoms with Gasteiger partial charge in [-0.1, -0.05) is 24.3 Å². The Labute approximate surface area is 112 Å². The molecule has 0 amide bonds. The van der Waals surface area contributed by atoms with Crippen molar-refractivity contribution in [1.29, 1.82) is 0 Å². The van der Waals surface area contributed by atoms with Crippen LogP contribution >= 0.6 is 11.3 Å². The van der Waals surface area contributed by atoms with E-state index in [0.717, 1.165) is 24.5 Å². The van der Waals surface area contributed by atoms with Crippen LogP contribution in [-0.4, -0.2) is 11.5 Å². The number of nitrogens with zero attached hydrogens (tertiary/aromatic N) is 1. The van der Waals surface area contributed by atoms with E-state index in [2.05, 4.69) is 41.5 Å². The summed E-state index contributed by atoms with van der Waals surface area (Å²) in [6.45, 7) is 4.50. The highest BCUT2D eigenvalue weighted by Crippen LogP contribution is 2.11. The molecule has 18 heavy (non-hydrogen) atoms. The number of nitrogens with one attached hydrogen (secondary N) is 1. The Morgan fingerprint density at radius 2 is 1.89 bits per heavy atom. The van der Waals surface area contributed by atoms with Crippen LogP contribution < -0.4 is 11.1 Å². The van der Waals surface area contributed by atoms with Crippen LogP contribution in [0.25, 0.3) is 0 Å². The maximum absolute atomic E-state index is 5.53. The maximum atomic E-state index is 5.53. The van der Waals surface area contributed by atoms with Crippen LogP contribution in [0.3, 0.4) is 0 Å². The van der Waals surface area contributed by atoms with Crippen LogP contribution in [0.4, 0.5) is 0 Å². The van der Waals surface area contributed by atoms with Crippen LogP contribution in [0, 0.1) is 6.92 Å². The van der Waals surface area contributed by atoms with E-state index in [-0.39, 0.29) is 0 Å². The van der Waals surface area contributed by atoms with E-state index in [1.54, 1.807) is 11.3 Å². The molecule has 0 aliphatic rings. The molecule has 0 fully saturated rings. The van der Waals surface area contributed by atoms with E-state index < -0.39 is 0 Å². The molecule has 4 heteroatoms. The molecule has 0 aliphatic heterocycles. The van der Waals surface area contributed by atoms with Crippen LogP contribution in [-0.2, 0) is 19.5 Å². The average molecular weight is 261 g/mol. The van der Waals surface area contributed by atoms with E-state index in [1.807, 2.05) is 6.20 Å². The minimum atomic E-state index is 0.709. The zero-order valence-electron chi connectivity index (χ0n) is 10.6. The Balaban J connectivity index is 1.79. The third-order valence-electron chi connectivity index (χ3n) is 2.73. The summed E-state index contributed by atoms with van der Waals surface area (Å²) >= 11 is 1.74. The minimum absolute atomic E-state index is 0.709. The van der Waals surface area contributed by atoms with Crippen molar-refractivity contribution < 1.29 is 0 Å². The summed E-state index contributed by atoms with van der Waals surface area (Å²) in [4.78, 5) is 5.59. The number of nitrogens with two attached hydrogens (primary N) is 1. The van der Waals surface area contributed by atoms with Gasteiger partial charge in [0.25, 0.3) is 0 Å². The summed E-state index contributed by atoms with van der Waals surface area (Å²) in [6, 6.07) is 8.62. The van der Waals surface area contributed by atoms with Crippen molar-refractivity contribution in [1.82, 2.24) is 10.3 Å². The van der Waals surface area contributed by atoms with E-state index in [0.29, 0.717) is 6.54 Å². The van der Waals surface area contributed by atoms with E-state index in [1.165, 1.54) is 16.0 Å². The van der Waals surface area contributed by atoms with Gasteiger partial charge in [-0.2, -0.15) is 0 Å². The maximum Gasteiger partial charge on any atom is 0.107 e. The van der Waals surface area contributed by atoms with Crippen molar-refractivity contribution in [3.63, 3.8) is 0 Å². The summed E-state index contributed by atoms with van der Waals surface area (Å²) in [5.41, 5.74) is 8.13. The van der Waals surface area contributed by atoms with Gasteiger partial charge in [0.1, 0.15) is 5.01 Å². The van der Waals surface area contributed by atoms with Crippen molar-refractivity contribution in [3.05, 3.63) is 51.5 Å². The average Bonchev–Trinajstić information content (AvgIpc) is 2.78. The third kappa shape index (κ3) is 3.91. The van der Waals surface area contributed by atoms with Gasteiger partial charge < -0.3 is 11.1 Å². The molecule has 0 atom stereocenters. The smallest absolute Gasteiger partial charge is 0.107 e. The van der Waals surface area contributed by atoms with Crippen molar-refractivity contribution in [2.24, 2.45) is 5.73 Å². The molecule has 2 aromatic rings. The molecule has 1 aromatic heterocycles. The first-order chi connectivity index (χ1) is 8.78. The molecule has 0 aliphatic carbocycles. The number of rotatable bonds is 6. The number of hydrogen-bond donors (Lipinski definition) is 2. The van der Waals surface area contributed by atoms with Crippen molar-refractivity contribution in [2.75, 3.05) is 6.54 Å². The van der Waals surface area contributed by atoms with Gasteiger partial charge >= 0.3 is 0 Å². The fourth-order valence-corrected chi connectivity index (χ4v) is 2.54. The molecule has 96 valence electrons. The Kier molecular flexibility index (Phi) is 4.87. The highest BCUT2D eigenvalue weighted by Gasteiger charge is 1.98. The first kappa shape index (κ1) is 13.2. The van der Waals surface area contributed by atoms with Crippen molar-refractivity contribution >= 4 is 11.3 Å². The first-order valence-corrected chi connectivity index (χ1v) is 6.99. The predicted octanol–water partition coefficient (Wildman–Crippen LogP) is 2.24. The van der Waals surface area contributed by atoms with Gasteiger partial charge in [0.05, 0.1) is 0 Å². The molecule has 0 saturated heterocycles. The Morgan fingerprint density at radius 3 is 2.50 bits per heavy atom. The zero-order chi connectivity index (χ0) is 12.8. The van der Waals surface area contributed by atoms with Crippen molar-refractivity contribution in [2.45, 2.75) is 26.4 Å². The molecule has 2 rings (SSSR count). The topological polar surface area (TPSA) is 50.9 Å². The summed E-state index contributed by atoms with van der Waals surface area (Å²) in [5.74, 6) is 0. The molecule has 1 heterocycles. The van der Waals surface area contributed by atoms with Crippen LogP contribution in [0.2, 0.25) is 0 Å². The minimum Gasteiger partial charge on any atom is -0.330 e. The summed E-state index contributed by atoms with van der Waals surface area (Å²) < 4.78 is 0. The van der Waals surface area contributed by atoms with Gasteiger partial charge in [-0.25, -0.2) is 4.98 Å². The lowest BCUT2D eigenvalue weighted by Gasteiger charge is -2.04. The Hall–Kier alpha value is -1.23. The van der Waals surface area contributed by atoms with Gasteiger partial charge in [-0.05, 0) is 31.0 Å². The van der Waals surface area contributed by atoms with Crippen LogP contribution in [0.5, 0.6) is 0 Å². The quantitative estimate of drug-likeness (QED) is 0.838. The van der Waals surface area contributed by atoms with Gasteiger partial charge in [-0.3, -0.25) is 0 Å². The summed E-state index contributed by atoms with van der Waals surface area (Å²) in [5, 5.41) is 4.55. The first-order valence-electron chi connectivity index (χ1n) is 6.18. The highest BCUT2D eigenvalue weighted by molar-refractivity contribution is 7.11. The molecule has 1 aromatic carbocycles. The molecular formula is C14H19N3S. The second kappa shape index (κ2) is 6.64. The molecule has 0 bridgehead atoms. The number of aromatic nitrogens is 1. The molecule has 3 N–H and O–H groups in total. The van der Waals surface area contributed by atoms with Gasteiger partial charge in [0.2, 0.25) is 0 Å². The highest BCUT2D eigenvalue weighted by atomic mass is 32.1. The summed E-state index contributed by atoms with van der Waals surface area (Å²) in [6.07, 6.45) is 2.87. The molecule has 0 radical (unpaired) electrons. The lowest BCUT2D eigenvalue weighted by molar-refractivity contribution is 0.689. The molecular weight excluding hydrogens is 242 g/mol. The van der Waals surface area contributed by atoms with Crippen LogP contribution in [0.15, 0.2) is 30.5 Å². The summed E-state index contributed by atoms with van der Waals surface area (Å²) in [7, 11) is 0. The van der Waals surface area contributed by atoms with Gasteiger partial charge in [0.15, 0.2) is 0 Å². The molecule has 3 nitrogen and oxygen atoms in total. The zero-order valence-corrected chi connectivity index (χ0v) is 11.5. The normalized spacial score (nSPS) is 10.8. The second-order valence-corrected chi connectivity index (χ2v) is 5.64. The number of aryl methyl sites for hydroxylation is 1.